The van der Waals surface area contributed by atoms with Crippen LogP contribution in [0.3, 0.4) is 0 Å². The van der Waals surface area contributed by atoms with E-state index in [2.05, 4.69) is 22.5 Å². The van der Waals surface area contributed by atoms with E-state index in [1.807, 2.05) is 0 Å². The van der Waals surface area contributed by atoms with E-state index in [9.17, 15) is 4.79 Å². The molecule has 0 aliphatic heterocycles. The van der Waals surface area contributed by atoms with Crippen molar-refractivity contribution in [2.24, 2.45) is 23.5 Å². The first-order valence-corrected chi connectivity index (χ1v) is 9.27. The summed E-state index contributed by atoms with van der Waals surface area (Å²) in [5, 5.41) is 3.83. The van der Waals surface area contributed by atoms with Crippen molar-refractivity contribution >= 4 is 34.8 Å². The first kappa shape index (κ1) is 16.9. The highest BCUT2D eigenvalue weighted by molar-refractivity contribution is 7.15. The number of aromatic nitrogens is 1. The maximum Gasteiger partial charge on any atom is 0.231 e. The summed E-state index contributed by atoms with van der Waals surface area (Å²) in [6.45, 7) is 0. The molecule has 0 spiro atoms. The SMILES string of the molecule is Cl.N[C@@H]1[C@H](C(=O)Nc2nc3c(s2)CCCCCC3)[C@@H]2C=C[C@H]1C2. The number of fused-ring (bicyclic) bond motifs is 3. The van der Waals surface area contributed by atoms with Gasteiger partial charge in [0, 0.05) is 10.9 Å². The third-order valence-electron chi connectivity index (χ3n) is 5.40. The van der Waals surface area contributed by atoms with E-state index in [0.717, 1.165) is 24.4 Å². The normalized spacial score (nSPS) is 31.9. The quantitative estimate of drug-likeness (QED) is 0.801. The first-order valence-electron chi connectivity index (χ1n) is 8.46. The van der Waals surface area contributed by atoms with Gasteiger partial charge in [-0.25, -0.2) is 4.98 Å². The fourth-order valence-electron chi connectivity index (χ4n) is 4.18. The lowest BCUT2D eigenvalue weighted by molar-refractivity contribution is -0.120. The molecule has 1 amide bonds. The third-order valence-corrected chi connectivity index (χ3v) is 6.47. The van der Waals surface area contributed by atoms with Gasteiger partial charge in [-0.2, -0.15) is 0 Å². The molecule has 1 heterocycles. The molecule has 1 fully saturated rings. The Labute approximate surface area is 147 Å². The molecular formula is C17H24ClN3OS. The van der Waals surface area contributed by atoms with Crippen molar-refractivity contribution in [2.45, 2.75) is 51.0 Å². The lowest BCUT2D eigenvalue weighted by atomic mass is 9.89. The molecule has 1 aromatic heterocycles. The van der Waals surface area contributed by atoms with Crippen LogP contribution in [0.2, 0.25) is 0 Å². The molecule has 0 radical (unpaired) electrons. The van der Waals surface area contributed by atoms with Crippen molar-refractivity contribution < 1.29 is 4.79 Å². The van der Waals surface area contributed by atoms with Crippen molar-refractivity contribution in [3.63, 3.8) is 0 Å². The molecule has 0 saturated heterocycles. The van der Waals surface area contributed by atoms with Gasteiger partial charge in [0.1, 0.15) is 0 Å². The van der Waals surface area contributed by atoms with Crippen LogP contribution in [0.15, 0.2) is 12.2 Å². The molecule has 1 aromatic rings. The lowest BCUT2D eigenvalue weighted by Gasteiger charge is -2.23. The summed E-state index contributed by atoms with van der Waals surface area (Å²) >= 11 is 1.66. The summed E-state index contributed by atoms with van der Waals surface area (Å²) in [6.07, 6.45) is 12.6. The maximum atomic E-state index is 12.6. The molecule has 0 unspecified atom stereocenters. The predicted octanol–water partition coefficient (Wildman–Crippen LogP) is 3.31. The zero-order valence-electron chi connectivity index (χ0n) is 13.2. The number of allylic oxidation sites excluding steroid dienone is 1. The van der Waals surface area contributed by atoms with Crippen molar-refractivity contribution in [1.29, 1.82) is 0 Å². The van der Waals surface area contributed by atoms with Crippen LogP contribution in [0.5, 0.6) is 0 Å². The maximum absolute atomic E-state index is 12.6. The second-order valence-corrected chi connectivity index (χ2v) is 7.93. The monoisotopic (exact) mass is 353 g/mol. The fourth-order valence-corrected chi connectivity index (χ4v) is 5.23. The minimum Gasteiger partial charge on any atom is -0.326 e. The molecule has 2 bridgehead atoms. The molecule has 3 aliphatic carbocycles. The topological polar surface area (TPSA) is 68.0 Å². The zero-order chi connectivity index (χ0) is 15.1. The number of hydrogen-bond donors (Lipinski definition) is 2. The van der Waals surface area contributed by atoms with E-state index in [4.69, 9.17) is 5.73 Å². The predicted molar refractivity (Wildman–Crippen MR) is 96.1 cm³/mol. The van der Waals surface area contributed by atoms with Gasteiger partial charge >= 0.3 is 0 Å². The smallest absolute Gasteiger partial charge is 0.231 e. The number of nitrogens with two attached hydrogens (primary N) is 1. The van der Waals surface area contributed by atoms with Crippen LogP contribution in [0.25, 0.3) is 0 Å². The Morgan fingerprint density at radius 1 is 1.17 bits per heavy atom. The second kappa shape index (κ2) is 6.91. The number of halogens is 1. The Kier molecular flexibility index (Phi) is 5.09. The van der Waals surface area contributed by atoms with Crippen LogP contribution in [0, 0.1) is 17.8 Å². The highest BCUT2D eigenvalue weighted by atomic mass is 35.5. The van der Waals surface area contributed by atoms with Gasteiger partial charge in [0.05, 0.1) is 11.6 Å². The number of carbonyl (C=O) groups excluding carboxylic acids is 1. The molecule has 6 heteroatoms. The Hall–Kier alpha value is -0.910. The Bertz CT molecular complexity index is 589. The van der Waals surface area contributed by atoms with Crippen LogP contribution < -0.4 is 11.1 Å². The number of carbonyl (C=O) groups is 1. The second-order valence-electron chi connectivity index (χ2n) is 6.84. The van der Waals surface area contributed by atoms with E-state index >= 15 is 0 Å². The standard InChI is InChI=1S/C17H23N3OS.ClH/c18-15-11-8-7-10(9-11)14(15)16(21)20-17-19-12-5-3-1-2-4-6-13(12)22-17;/h7-8,10-11,14-15H,1-6,9,18H2,(H,19,20,21);1H/t10-,11+,14-,15+;/m1./s1. The van der Waals surface area contributed by atoms with Gasteiger partial charge in [0.15, 0.2) is 5.13 Å². The van der Waals surface area contributed by atoms with Gasteiger partial charge in [-0.3, -0.25) is 4.79 Å². The van der Waals surface area contributed by atoms with Crippen molar-refractivity contribution in [2.75, 3.05) is 5.32 Å². The molecule has 0 aromatic carbocycles. The molecule has 4 nitrogen and oxygen atoms in total. The highest BCUT2D eigenvalue weighted by Crippen LogP contribution is 2.43. The molecular weight excluding hydrogens is 330 g/mol. The van der Waals surface area contributed by atoms with Gasteiger partial charge in [-0.05, 0) is 43.9 Å². The van der Waals surface area contributed by atoms with Crippen molar-refractivity contribution in [3.05, 3.63) is 22.7 Å². The largest absolute Gasteiger partial charge is 0.326 e. The summed E-state index contributed by atoms with van der Waals surface area (Å²) in [4.78, 5) is 18.7. The Balaban J connectivity index is 0.00000156. The average Bonchev–Trinajstić information content (AvgIpc) is 3.14. The van der Waals surface area contributed by atoms with Crippen LogP contribution in [-0.2, 0) is 17.6 Å². The minimum absolute atomic E-state index is 0. The summed E-state index contributed by atoms with van der Waals surface area (Å²) < 4.78 is 0. The van der Waals surface area contributed by atoms with Gasteiger partial charge in [-0.1, -0.05) is 25.0 Å². The minimum atomic E-state index is -0.0820. The van der Waals surface area contributed by atoms with Gasteiger partial charge < -0.3 is 11.1 Å². The molecule has 126 valence electrons. The van der Waals surface area contributed by atoms with Crippen LogP contribution in [-0.4, -0.2) is 16.9 Å². The Morgan fingerprint density at radius 2 is 1.91 bits per heavy atom. The zero-order valence-corrected chi connectivity index (χ0v) is 14.8. The average molecular weight is 354 g/mol. The fraction of sp³-hybridized carbons (Fsp3) is 0.647. The molecule has 1 saturated carbocycles. The summed E-state index contributed by atoms with van der Waals surface area (Å²) in [7, 11) is 0. The lowest BCUT2D eigenvalue weighted by Crippen LogP contribution is -2.41. The number of rotatable bonds is 2. The van der Waals surface area contributed by atoms with Crippen molar-refractivity contribution in [3.8, 4) is 0 Å². The summed E-state index contributed by atoms with van der Waals surface area (Å²) in [6, 6.07) is -0.0315. The van der Waals surface area contributed by atoms with Gasteiger partial charge in [-0.15, -0.1) is 23.7 Å². The van der Waals surface area contributed by atoms with E-state index < -0.39 is 0 Å². The molecule has 23 heavy (non-hydrogen) atoms. The molecule has 3 N–H and O–H groups in total. The van der Waals surface area contributed by atoms with Crippen LogP contribution in [0.1, 0.15) is 42.7 Å². The Morgan fingerprint density at radius 3 is 2.65 bits per heavy atom. The van der Waals surface area contributed by atoms with Gasteiger partial charge in [0.25, 0.3) is 0 Å². The van der Waals surface area contributed by atoms with E-state index in [-0.39, 0.29) is 30.3 Å². The molecule has 3 aliphatic rings. The number of anilines is 1. The van der Waals surface area contributed by atoms with Crippen LogP contribution >= 0.6 is 23.7 Å². The summed E-state index contributed by atoms with van der Waals surface area (Å²) in [5.74, 6) is 0.686. The molecule has 4 rings (SSSR count). The van der Waals surface area contributed by atoms with E-state index in [1.165, 1.54) is 36.3 Å². The first-order chi connectivity index (χ1) is 10.7. The van der Waals surface area contributed by atoms with E-state index in [1.54, 1.807) is 11.3 Å². The molecule has 4 atom stereocenters. The number of hydrogen-bond acceptors (Lipinski definition) is 4. The third kappa shape index (κ3) is 3.19. The van der Waals surface area contributed by atoms with Gasteiger partial charge in [0.2, 0.25) is 5.91 Å². The number of thiazole rings is 1. The van der Waals surface area contributed by atoms with Crippen LogP contribution in [0.4, 0.5) is 5.13 Å². The highest BCUT2D eigenvalue weighted by Gasteiger charge is 2.46. The van der Waals surface area contributed by atoms with Crippen molar-refractivity contribution in [1.82, 2.24) is 4.98 Å². The number of nitrogens with one attached hydrogen (secondary N) is 1. The number of aryl methyl sites for hydroxylation is 2. The summed E-state index contributed by atoms with van der Waals surface area (Å²) in [5.41, 5.74) is 7.43. The van der Waals surface area contributed by atoms with E-state index in [0.29, 0.717) is 11.8 Å². The number of amides is 1. The number of nitrogens with zero attached hydrogens (tertiary/aromatic N) is 1.